The highest BCUT2D eigenvalue weighted by atomic mass is 79.9. The van der Waals surface area contributed by atoms with E-state index in [4.69, 9.17) is 9.47 Å². The number of aryl methyl sites for hydroxylation is 1. The molecule has 0 saturated heterocycles. The Kier molecular flexibility index (Phi) is 6.15. The number of carbonyl (C=O) groups excluding carboxylic acids is 1. The van der Waals surface area contributed by atoms with Gasteiger partial charge in [0.1, 0.15) is 5.75 Å². The number of carbonyl (C=O) groups is 1. The van der Waals surface area contributed by atoms with Gasteiger partial charge in [0.25, 0.3) is 5.91 Å². The highest BCUT2D eigenvalue weighted by Gasteiger charge is 2.13. The largest absolute Gasteiger partial charge is 0.496 e. The van der Waals surface area contributed by atoms with E-state index in [0.717, 1.165) is 5.56 Å². The third kappa shape index (κ3) is 4.31. The zero-order valence-corrected chi connectivity index (χ0v) is 12.4. The molecule has 18 heavy (non-hydrogen) atoms. The van der Waals surface area contributed by atoms with Gasteiger partial charge < -0.3 is 14.8 Å². The van der Waals surface area contributed by atoms with Crippen molar-refractivity contribution in [1.29, 1.82) is 0 Å². The van der Waals surface area contributed by atoms with Gasteiger partial charge in [-0.3, -0.25) is 4.79 Å². The molecule has 0 aliphatic carbocycles. The molecule has 4 nitrogen and oxygen atoms in total. The van der Waals surface area contributed by atoms with Crippen LogP contribution in [0.1, 0.15) is 15.9 Å². The van der Waals surface area contributed by atoms with Gasteiger partial charge >= 0.3 is 0 Å². The van der Waals surface area contributed by atoms with E-state index in [-0.39, 0.29) is 10.7 Å². The fraction of sp³-hybridized carbons (Fsp3) is 0.462. The molecular formula is C13H18BrNO3. The van der Waals surface area contributed by atoms with Gasteiger partial charge in [-0.25, -0.2) is 0 Å². The van der Waals surface area contributed by atoms with Crippen molar-refractivity contribution in [3.05, 3.63) is 29.3 Å². The van der Waals surface area contributed by atoms with Crippen LogP contribution in [-0.2, 0) is 4.74 Å². The number of hydrogen-bond acceptors (Lipinski definition) is 3. The molecule has 0 heterocycles. The first-order valence-corrected chi connectivity index (χ1v) is 6.56. The SMILES string of the molecule is COCC(Br)CNC(=O)c1cc(C)ccc1OC. The molecule has 1 aromatic rings. The van der Waals surface area contributed by atoms with Crippen molar-refractivity contribution in [2.45, 2.75) is 11.8 Å². The third-order valence-corrected chi connectivity index (χ3v) is 3.02. The molecule has 0 saturated carbocycles. The predicted octanol–water partition coefficient (Wildman–Crippen LogP) is 2.14. The number of alkyl halides is 1. The summed E-state index contributed by atoms with van der Waals surface area (Å²) >= 11 is 3.42. The van der Waals surface area contributed by atoms with Crippen molar-refractivity contribution >= 4 is 21.8 Å². The number of benzene rings is 1. The fourth-order valence-electron chi connectivity index (χ4n) is 1.54. The molecule has 0 spiro atoms. The van der Waals surface area contributed by atoms with Crippen molar-refractivity contribution < 1.29 is 14.3 Å². The number of hydrogen-bond donors (Lipinski definition) is 1. The fourth-order valence-corrected chi connectivity index (χ4v) is 1.96. The Morgan fingerprint density at radius 2 is 2.17 bits per heavy atom. The average Bonchev–Trinajstić information content (AvgIpc) is 2.36. The van der Waals surface area contributed by atoms with Gasteiger partial charge in [-0.2, -0.15) is 0 Å². The summed E-state index contributed by atoms with van der Waals surface area (Å²) in [6, 6.07) is 5.52. The van der Waals surface area contributed by atoms with E-state index < -0.39 is 0 Å². The Morgan fingerprint density at radius 3 is 2.78 bits per heavy atom. The van der Waals surface area contributed by atoms with Gasteiger partial charge in [0.2, 0.25) is 0 Å². The van der Waals surface area contributed by atoms with Crippen LogP contribution in [0.15, 0.2) is 18.2 Å². The molecule has 0 bridgehead atoms. The van der Waals surface area contributed by atoms with E-state index in [1.165, 1.54) is 0 Å². The smallest absolute Gasteiger partial charge is 0.255 e. The first-order valence-electron chi connectivity index (χ1n) is 5.64. The Bertz CT molecular complexity index is 409. The summed E-state index contributed by atoms with van der Waals surface area (Å²) in [4.78, 5) is 12.1. The van der Waals surface area contributed by atoms with Crippen LogP contribution in [0.3, 0.4) is 0 Å². The minimum atomic E-state index is -0.142. The number of halogens is 1. The highest BCUT2D eigenvalue weighted by molar-refractivity contribution is 9.09. The molecule has 1 atom stereocenters. The molecule has 1 aromatic carbocycles. The third-order valence-electron chi connectivity index (χ3n) is 2.43. The molecule has 0 aliphatic rings. The maximum atomic E-state index is 12.0. The summed E-state index contributed by atoms with van der Waals surface area (Å²) in [6.07, 6.45) is 0. The minimum Gasteiger partial charge on any atom is -0.496 e. The second-order valence-corrected chi connectivity index (χ2v) is 5.26. The monoisotopic (exact) mass is 315 g/mol. The topological polar surface area (TPSA) is 47.6 Å². The summed E-state index contributed by atoms with van der Waals surface area (Å²) < 4.78 is 10.2. The van der Waals surface area contributed by atoms with Crippen molar-refractivity contribution in [1.82, 2.24) is 5.32 Å². The quantitative estimate of drug-likeness (QED) is 0.818. The van der Waals surface area contributed by atoms with E-state index in [2.05, 4.69) is 21.2 Å². The van der Waals surface area contributed by atoms with Crippen LogP contribution in [0.2, 0.25) is 0 Å². The van der Waals surface area contributed by atoms with Crippen molar-refractivity contribution in [2.24, 2.45) is 0 Å². The summed E-state index contributed by atoms with van der Waals surface area (Å²) in [5.41, 5.74) is 1.57. The average molecular weight is 316 g/mol. The number of nitrogens with one attached hydrogen (secondary N) is 1. The zero-order chi connectivity index (χ0) is 13.5. The predicted molar refractivity (Wildman–Crippen MR) is 74.7 cm³/mol. The minimum absolute atomic E-state index is 0.0993. The molecule has 0 aliphatic heterocycles. The summed E-state index contributed by atoms with van der Waals surface area (Å²) in [5.74, 6) is 0.437. The van der Waals surface area contributed by atoms with Gasteiger partial charge in [0, 0.05) is 13.7 Å². The summed E-state index contributed by atoms with van der Waals surface area (Å²) in [7, 11) is 3.18. The lowest BCUT2D eigenvalue weighted by atomic mass is 10.1. The highest BCUT2D eigenvalue weighted by Crippen LogP contribution is 2.19. The molecule has 1 rings (SSSR count). The second-order valence-electron chi connectivity index (χ2n) is 3.97. The molecule has 1 N–H and O–H groups in total. The molecule has 5 heteroatoms. The molecule has 0 radical (unpaired) electrons. The lowest BCUT2D eigenvalue weighted by Crippen LogP contribution is -2.31. The van der Waals surface area contributed by atoms with Gasteiger partial charge in [0.15, 0.2) is 0 Å². The van der Waals surface area contributed by atoms with Gasteiger partial charge in [0.05, 0.1) is 24.1 Å². The molecule has 1 unspecified atom stereocenters. The lowest BCUT2D eigenvalue weighted by molar-refractivity contribution is 0.0947. The maximum absolute atomic E-state index is 12.0. The summed E-state index contributed by atoms with van der Waals surface area (Å²) in [5, 5.41) is 2.84. The van der Waals surface area contributed by atoms with Crippen LogP contribution in [0.5, 0.6) is 5.75 Å². The van der Waals surface area contributed by atoms with E-state index >= 15 is 0 Å². The number of methoxy groups -OCH3 is 2. The second kappa shape index (κ2) is 7.38. The van der Waals surface area contributed by atoms with Crippen LogP contribution in [0, 0.1) is 6.92 Å². The Balaban J connectivity index is 2.68. The van der Waals surface area contributed by atoms with Crippen LogP contribution in [0.25, 0.3) is 0 Å². The number of ether oxygens (including phenoxy) is 2. The van der Waals surface area contributed by atoms with Crippen LogP contribution in [0.4, 0.5) is 0 Å². The zero-order valence-electron chi connectivity index (χ0n) is 10.8. The standard InChI is InChI=1S/C13H18BrNO3/c1-9-4-5-12(18-3)11(6-9)13(16)15-7-10(14)8-17-2/h4-6,10H,7-8H2,1-3H3,(H,15,16). The number of rotatable bonds is 6. The first kappa shape index (κ1) is 15.0. The summed E-state index contributed by atoms with van der Waals surface area (Å²) in [6.45, 7) is 2.99. The van der Waals surface area contributed by atoms with Crippen LogP contribution < -0.4 is 10.1 Å². The Labute approximate surface area is 116 Å². The van der Waals surface area contributed by atoms with E-state index in [1.54, 1.807) is 20.3 Å². The first-order chi connectivity index (χ1) is 8.58. The lowest BCUT2D eigenvalue weighted by Gasteiger charge is -2.12. The molecule has 1 amide bonds. The van der Waals surface area contributed by atoms with Crippen LogP contribution >= 0.6 is 15.9 Å². The maximum Gasteiger partial charge on any atom is 0.255 e. The Morgan fingerprint density at radius 1 is 1.44 bits per heavy atom. The molecule has 100 valence electrons. The van der Waals surface area contributed by atoms with E-state index in [9.17, 15) is 4.79 Å². The normalized spacial score (nSPS) is 12.0. The van der Waals surface area contributed by atoms with Crippen molar-refractivity contribution in [2.75, 3.05) is 27.4 Å². The Hall–Kier alpha value is -1.07. The van der Waals surface area contributed by atoms with Crippen LogP contribution in [-0.4, -0.2) is 38.1 Å². The number of amides is 1. The van der Waals surface area contributed by atoms with E-state index in [1.807, 2.05) is 19.1 Å². The van der Waals surface area contributed by atoms with Crippen molar-refractivity contribution in [3.8, 4) is 5.75 Å². The van der Waals surface area contributed by atoms with Gasteiger partial charge in [-0.05, 0) is 19.1 Å². The molecular weight excluding hydrogens is 298 g/mol. The molecule has 0 aromatic heterocycles. The van der Waals surface area contributed by atoms with E-state index in [0.29, 0.717) is 24.5 Å². The van der Waals surface area contributed by atoms with Gasteiger partial charge in [-0.1, -0.05) is 27.6 Å². The molecule has 0 fully saturated rings. The van der Waals surface area contributed by atoms with Gasteiger partial charge in [-0.15, -0.1) is 0 Å². The van der Waals surface area contributed by atoms with Crippen molar-refractivity contribution in [3.63, 3.8) is 0 Å².